The van der Waals surface area contributed by atoms with Gasteiger partial charge in [0.25, 0.3) is 0 Å². The van der Waals surface area contributed by atoms with E-state index in [1.165, 1.54) is 0 Å². The van der Waals surface area contributed by atoms with Crippen molar-refractivity contribution < 1.29 is 4.79 Å². The summed E-state index contributed by atoms with van der Waals surface area (Å²) in [7, 11) is 1.75. The van der Waals surface area contributed by atoms with Crippen LogP contribution in [-0.4, -0.2) is 23.9 Å². The molecule has 0 bridgehead atoms. The molecule has 7 heteroatoms. The lowest BCUT2D eigenvalue weighted by Gasteiger charge is -2.13. The molecule has 6 nitrogen and oxygen atoms in total. The molecule has 0 radical (unpaired) electrons. The number of guanidine groups is 1. The Labute approximate surface area is 171 Å². The number of rotatable bonds is 8. The minimum atomic E-state index is 0.00637. The number of thiazole rings is 1. The van der Waals surface area contributed by atoms with E-state index in [-0.39, 0.29) is 11.8 Å². The van der Waals surface area contributed by atoms with Crippen molar-refractivity contribution in [2.75, 3.05) is 12.4 Å². The summed E-state index contributed by atoms with van der Waals surface area (Å²) in [5.41, 5.74) is 3.01. The molecule has 0 saturated heterocycles. The Morgan fingerprint density at radius 3 is 2.61 bits per heavy atom. The number of amides is 1. The van der Waals surface area contributed by atoms with E-state index < -0.39 is 0 Å². The van der Waals surface area contributed by atoms with Crippen LogP contribution in [0.15, 0.2) is 34.6 Å². The molecule has 1 aromatic carbocycles. The van der Waals surface area contributed by atoms with Crippen molar-refractivity contribution in [3.63, 3.8) is 0 Å². The Morgan fingerprint density at radius 2 is 1.96 bits per heavy atom. The maximum absolute atomic E-state index is 12.1. The average molecular weight is 402 g/mol. The second-order valence-corrected chi connectivity index (χ2v) is 8.04. The number of aliphatic imine (C=N–C) groups is 1. The number of benzene rings is 1. The fourth-order valence-corrected chi connectivity index (χ4v) is 3.34. The van der Waals surface area contributed by atoms with Gasteiger partial charge in [0, 0.05) is 30.6 Å². The maximum atomic E-state index is 12.1. The second-order valence-electron chi connectivity index (χ2n) is 7.10. The maximum Gasteiger partial charge on any atom is 0.227 e. The molecule has 0 aliphatic rings. The summed E-state index contributed by atoms with van der Waals surface area (Å²) in [4.78, 5) is 21.0. The van der Waals surface area contributed by atoms with Crippen molar-refractivity contribution >= 4 is 28.9 Å². The van der Waals surface area contributed by atoms with Gasteiger partial charge in [-0.15, -0.1) is 11.3 Å². The Morgan fingerprint density at radius 1 is 1.21 bits per heavy atom. The number of hydrogen-bond donors (Lipinski definition) is 3. The smallest absolute Gasteiger partial charge is 0.227 e. The summed E-state index contributed by atoms with van der Waals surface area (Å²) in [6.45, 7) is 9.49. The molecule has 1 heterocycles. The van der Waals surface area contributed by atoms with E-state index in [0.717, 1.165) is 34.3 Å². The lowest BCUT2D eigenvalue weighted by atomic mass is 10.1. The Kier molecular flexibility index (Phi) is 8.44. The normalized spacial score (nSPS) is 12.7. The van der Waals surface area contributed by atoms with Gasteiger partial charge < -0.3 is 16.0 Å². The number of anilines is 1. The summed E-state index contributed by atoms with van der Waals surface area (Å²) in [6, 6.07) is 7.86. The van der Waals surface area contributed by atoms with Gasteiger partial charge in [0.2, 0.25) is 5.91 Å². The third-order valence-electron chi connectivity index (χ3n) is 4.51. The van der Waals surface area contributed by atoms with Crippen molar-refractivity contribution in [2.24, 2.45) is 10.9 Å². The highest BCUT2D eigenvalue weighted by atomic mass is 32.1. The number of nitrogens with one attached hydrogen (secondary N) is 3. The topological polar surface area (TPSA) is 78.4 Å². The molecule has 0 aliphatic carbocycles. The zero-order valence-corrected chi connectivity index (χ0v) is 18.2. The number of aromatic nitrogens is 1. The Balaban J connectivity index is 1.87. The van der Waals surface area contributed by atoms with Gasteiger partial charge in [0.15, 0.2) is 5.96 Å². The third kappa shape index (κ3) is 6.64. The average Bonchev–Trinajstić information content (AvgIpc) is 3.17. The van der Waals surface area contributed by atoms with Crippen LogP contribution in [0.1, 0.15) is 56.3 Å². The highest BCUT2D eigenvalue weighted by Crippen LogP contribution is 2.17. The molecule has 0 aliphatic heterocycles. The van der Waals surface area contributed by atoms with Gasteiger partial charge in [-0.3, -0.25) is 9.79 Å². The first-order valence-corrected chi connectivity index (χ1v) is 10.6. The van der Waals surface area contributed by atoms with Crippen LogP contribution in [0.4, 0.5) is 5.69 Å². The van der Waals surface area contributed by atoms with Crippen molar-refractivity contribution in [3.05, 3.63) is 45.9 Å². The van der Waals surface area contributed by atoms with Crippen LogP contribution in [0.25, 0.3) is 0 Å². The largest absolute Gasteiger partial charge is 0.352 e. The van der Waals surface area contributed by atoms with E-state index in [4.69, 9.17) is 0 Å². The fraction of sp³-hybridized carbons (Fsp3) is 0.476. The van der Waals surface area contributed by atoms with Crippen LogP contribution in [0.2, 0.25) is 0 Å². The van der Waals surface area contributed by atoms with Gasteiger partial charge in [-0.05, 0) is 30.0 Å². The molecule has 0 fully saturated rings. The van der Waals surface area contributed by atoms with Crippen LogP contribution >= 0.6 is 11.3 Å². The number of carbonyl (C=O) groups excluding carboxylic acids is 1. The minimum absolute atomic E-state index is 0.00637. The Hall–Kier alpha value is -2.41. The first-order valence-electron chi connectivity index (χ1n) is 9.71. The SMILES string of the molecule is CCC(C)C(=O)Nc1cccc(CNC(=NC)NCc2nc(C(C)C)cs2)c1. The lowest BCUT2D eigenvalue weighted by molar-refractivity contribution is -0.119. The van der Waals surface area contributed by atoms with Gasteiger partial charge in [-0.25, -0.2) is 4.98 Å². The van der Waals surface area contributed by atoms with Gasteiger partial charge in [-0.2, -0.15) is 0 Å². The van der Waals surface area contributed by atoms with Crippen LogP contribution in [0.3, 0.4) is 0 Å². The van der Waals surface area contributed by atoms with E-state index in [9.17, 15) is 4.79 Å². The van der Waals surface area contributed by atoms with E-state index in [1.807, 2.05) is 38.1 Å². The summed E-state index contributed by atoms with van der Waals surface area (Å²) in [6.07, 6.45) is 0.826. The van der Waals surface area contributed by atoms with Gasteiger partial charge in [0.1, 0.15) is 5.01 Å². The number of nitrogens with zero attached hydrogens (tertiary/aromatic N) is 2. The highest BCUT2D eigenvalue weighted by molar-refractivity contribution is 7.09. The molecule has 28 heavy (non-hydrogen) atoms. The lowest BCUT2D eigenvalue weighted by Crippen LogP contribution is -2.36. The summed E-state index contributed by atoms with van der Waals surface area (Å²) in [5.74, 6) is 1.21. The zero-order valence-electron chi connectivity index (χ0n) is 17.4. The molecule has 1 unspecified atom stereocenters. The third-order valence-corrected chi connectivity index (χ3v) is 5.37. The molecule has 0 spiro atoms. The predicted molar refractivity (Wildman–Crippen MR) is 118 cm³/mol. The summed E-state index contributed by atoms with van der Waals surface area (Å²) >= 11 is 1.66. The van der Waals surface area contributed by atoms with Crippen molar-refractivity contribution in [1.82, 2.24) is 15.6 Å². The molecular formula is C21H31N5OS. The summed E-state index contributed by atoms with van der Waals surface area (Å²) < 4.78 is 0. The molecule has 1 atom stereocenters. The molecule has 2 aromatic rings. The van der Waals surface area contributed by atoms with Crippen molar-refractivity contribution in [3.8, 4) is 0 Å². The molecule has 1 aromatic heterocycles. The van der Waals surface area contributed by atoms with Crippen LogP contribution in [0.5, 0.6) is 0 Å². The standard InChI is InChI=1S/C21H31N5OS/c1-6-15(4)20(27)25-17-9-7-8-16(10-17)11-23-21(22-5)24-12-19-26-18(13-28-19)14(2)3/h7-10,13-15H,6,11-12H2,1-5H3,(H,25,27)(H2,22,23,24). The quantitative estimate of drug-likeness (QED) is 0.459. The first kappa shape index (κ1) is 21.9. The second kappa shape index (κ2) is 10.8. The zero-order chi connectivity index (χ0) is 20.5. The van der Waals surface area contributed by atoms with Crippen molar-refractivity contribution in [2.45, 2.75) is 53.1 Å². The summed E-state index contributed by atoms with van der Waals surface area (Å²) in [5, 5.41) is 12.7. The molecule has 3 N–H and O–H groups in total. The van der Waals surface area contributed by atoms with Crippen LogP contribution in [-0.2, 0) is 17.9 Å². The molecule has 0 saturated carbocycles. The highest BCUT2D eigenvalue weighted by Gasteiger charge is 2.11. The van der Waals surface area contributed by atoms with Crippen LogP contribution in [0, 0.1) is 5.92 Å². The van der Waals surface area contributed by atoms with E-state index in [0.29, 0.717) is 19.0 Å². The Bertz CT molecular complexity index is 800. The molecule has 1 amide bonds. The number of carbonyl (C=O) groups is 1. The van der Waals surface area contributed by atoms with Gasteiger partial charge in [-0.1, -0.05) is 39.8 Å². The van der Waals surface area contributed by atoms with Gasteiger partial charge in [0.05, 0.1) is 12.2 Å². The first-order chi connectivity index (χ1) is 13.4. The van der Waals surface area contributed by atoms with E-state index in [1.54, 1.807) is 18.4 Å². The molecular weight excluding hydrogens is 370 g/mol. The molecule has 2 rings (SSSR count). The van der Waals surface area contributed by atoms with Crippen LogP contribution < -0.4 is 16.0 Å². The van der Waals surface area contributed by atoms with E-state index in [2.05, 4.69) is 45.2 Å². The van der Waals surface area contributed by atoms with Crippen molar-refractivity contribution in [1.29, 1.82) is 0 Å². The monoisotopic (exact) mass is 401 g/mol. The fourth-order valence-electron chi connectivity index (χ4n) is 2.45. The number of hydrogen-bond acceptors (Lipinski definition) is 4. The van der Waals surface area contributed by atoms with Gasteiger partial charge >= 0.3 is 0 Å². The van der Waals surface area contributed by atoms with E-state index >= 15 is 0 Å². The molecule has 152 valence electrons. The predicted octanol–water partition coefficient (Wildman–Crippen LogP) is 4.12. The minimum Gasteiger partial charge on any atom is -0.352 e.